The number of anilines is 2. The molecule has 0 spiro atoms. The molecule has 4 N–H and O–H groups in total. The van der Waals surface area contributed by atoms with E-state index >= 15 is 0 Å². The predicted molar refractivity (Wildman–Crippen MR) is 83.4 cm³/mol. The first kappa shape index (κ1) is 13.0. The second-order valence-electron chi connectivity index (χ2n) is 4.91. The van der Waals surface area contributed by atoms with Gasteiger partial charge in [0.2, 0.25) is 5.91 Å². The highest BCUT2D eigenvalue weighted by Crippen LogP contribution is 2.34. The highest BCUT2D eigenvalue weighted by molar-refractivity contribution is 9.10. The van der Waals surface area contributed by atoms with Gasteiger partial charge in [0.05, 0.1) is 5.69 Å². The maximum absolute atomic E-state index is 11.2. The number of nitrogens with two attached hydrogens (primary N) is 2. The van der Waals surface area contributed by atoms with Crippen molar-refractivity contribution in [3.8, 4) is 0 Å². The third kappa shape index (κ3) is 2.25. The Morgan fingerprint density at radius 3 is 2.55 bits per heavy atom. The predicted octanol–water partition coefficient (Wildman–Crippen LogP) is 2.65. The lowest BCUT2D eigenvalue weighted by atomic mass is 10.1. The quantitative estimate of drug-likeness (QED) is 0.831. The van der Waals surface area contributed by atoms with Crippen molar-refractivity contribution in [3.63, 3.8) is 0 Å². The van der Waals surface area contributed by atoms with Crippen LogP contribution >= 0.6 is 15.9 Å². The maximum atomic E-state index is 11.2. The number of hydrogen-bond donors (Lipinski definition) is 2. The van der Waals surface area contributed by atoms with E-state index in [1.165, 1.54) is 11.1 Å². The van der Waals surface area contributed by atoms with E-state index in [0.717, 1.165) is 28.9 Å². The average molecular weight is 332 g/mol. The molecule has 0 saturated heterocycles. The summed E-state index contributed by atoms with van der Waals surface area (Å²) in [5.74, 6) is -0.422. The van der Waals surface area contributed by atoms with Crippen molar-refractivity contribution < 1.29 is 4.79 Å². The van der Waals surface area contributed by atoms with Gasteiger partial charge in [-0.05, 0) is 57.4 Å². The van der Waals surface area contributed by atoms with E-state index in [1.807, 2.05) is 18.2 Å². The molecule has 0 saturated carbocycles. The summed E-state index contributed by atoms with van der Waals surface area (Å²) in [5, 5.41) is 0. The van der Waals surface area contributed by atoms with E-state index in [4.69, 9.17) is 11.5 Å². The molecule has 3 rings (SSSR count). The van der Waals surface area contributed by atoms with Crippen LogP contribution in [0.4, 0.5) is 11.4 Å². The van der Waals surface area contributed by atoms with Crippen molar-refractivity contribution in [2.75, 3.05) is 10.6 Å². The van der Waals surface area contributed by atoms with Gasteiger partial charge in [0.15, 0.2) is 0 Å². The lowest BCUT2D eigenvalue weighted by Gasteiger charge is -2.19. The van der Waals surface area contributed by atoms with Crippen molar-refractivity contribution in [3.05, 3.63) is 57.6 Å². The first-order valence-corrected chi connectivity index (χ1v) is 7.05. The van der Waals surface area contributed by atoms with Crippen LogP contribution in [0.2, 0.25) is 0 Å². The first-order valence-electron chi connectivity index (χ1n) is 6.26. The first-order chi connectivity index (χ1) is 9.54. The Kier molecular flexibility index (Phi) is 3.14. The second-order valence-corrected chi connectivity index (χ2v) is 5.77. The molecule has 0 aliphatic carbocycles. The number of hydrogen-bond acceptors (Lipinski definition) is 3. The maximum Gasteiger partial charge on any atom is 0.248 e. The molecule has 0 fully saturated rings. The summed E-state index contributed by atoms with van der Waals surface area (Å²) in [4.78, 5) is 13.4. The molecule has 20 heavy (non-hydrogen) atoms. The molecular formula is C15H14BrN3O. The van der Waals surface area contributed by atoms with Gasteiger partial charge in [-0.3, -0.25) is 4.79 Å². The number of halogens is 1. The molecule has 4 nitrogen and oxygen atoms in total. The molecule has 1 heterocycles. The molecular weight excluding hydrogens is 318 g/mol. The number of carbonyl (C=O) groups is 1. The molecule has 1 amide bonds. The molecule has 1 aliphatic heterocycles. The fourth-order valence-corrected chi connectivity index (χ4v) is 3.13. The lowest BCUT2D eigenvalue weighted by molar-refractivity contribution is 0.100. The summed E-state index contributed by atoms with van der Waals surface area (Å²) in [7, 11) is 0. The Labute approximate surface area is 125 Å². The highest BCUT2D eigenvalue weighted by atomic mass is 79.9. The van der Waals surface area contributed by atoms with Crippen LogP contribution in [0, 0.1) is 0 Å². The van der Waals surface area contributed by atoms with Crippen LogP contribution in [-0.4, -0.2) is 5.91 Å². The van der Waals surface area contributed by atoms with Crippen LogP contribution in [0.1, 0.15) is 21.5 Å². The fraction of sp³-hybridized carbons (Fsp3) is 0.133. The van der Waals surface area contributed by atoms with Crippen LogP contribution in [0.25, 0.3) is 0 Å². The smallest absolute Gasteiger partial charge is 0.248 e. The van der Waals surface area contributed by atoms with Crippen LogP contribution < -0.4 is 16.4 Å². The van der Waals surface area contributed by atoms with Crippen molar-refractivity contribution >= 4 is 33.2 Å². The third-order valence-electron chi connectivity index (χ3n) is 3.53. The topological polar surface area (TPSA) is 72.4 Å². The van der Waals surface area contributed by atoms with E-state index in [0.29, 0.717) is 5.56 Å². The minimum absolute atomic E-state index is 0.422. The van der Waals surface area contributed by atoms with E-state index < -0.39 is 5.91 Å². The van der Waals surface area contributed by atoms with Gasteiger partial charge >= 0.3 is 0 Å². The van der Waals surface area contributed by atoms with Gasteiger partial charge in [0, 0.05) is 28.8 Å². The Hall–Kier alpha value is -2.01. The minimum atomic E-state index is -0.422. The minimum Gasteiger partial charge on any atom is -0.399 e. The molecule has 0 bridgehead atoms. The monoisotopic (exact) mass is 331 g/mol. The number of nitrogen functional groups attached to an aromatic ring is 1. The van der Waals surface area contributed by atoms with Crippen LogP contribution in [0.3, 0.4) is 0 Å². The largest absolute Gasteiger partial charge is 0.399 e. The summed E-state index contributed by atoms with van der Waals surface area (Å²) < 4.78 is 0.870. The molecule has 0 unspecified atom stereocenters. The Morgan fingerprint density at radius 1 is 1.10 bits per heavy atom. The number of nitrogens with zero attached hydrogens (tertiary/aromatic N) is 1. The van der Waals surface area contributed by atoms with Crippen LogP contribution in [0.15, 0.2) is 40.9 Å². The second kappa shape index (κ2) is 4.83. The Morgan fingerprint density at radius 2 is 1.85 bits per heavy atom. The number of carbonyl (C=O) groups excluding carboxylic acids is 1. The number of amides is 1. The SMILES string of the molecule is NC(=O)c1ccc(N2Cc3ccc(N)cc3C2)c(Br)c1. The number of fused-ring (bicyclic) bond motifs is 1. The Balaban J connectivity index is 1.91. The third-order valence-corrected chi connectivity index (χ3v) is 4.16. The molecule has 2 aromatic carbocycles. The highest BCUT2D eigenvalue weighted by Gasteiger charge is 2.21. The standard InChI is InChI=1S/C15H14BrN3O/c16-13-6-9(15(18)20)2-4-14(13)19-7-10-1-3-12(17)5-11(10)8-19/h1-6H,7-8,17H2,(H2,18,20). The van der Waals surface area contributed by atoms with Crippen LogP contribution in [0.5, 0.6) is 0 Å². The van der Waals surface area contributed by atoms with E-state index in [2.05, 4.69) is 26.9 Å². The van der Waals surface area contributed by atoms with Gasteiger partial charge in [-0.1, -0.05) is 6.07 Å². The zero-order chi connectivity index (χ0) is 14.3. The zero-order valence-electron chi connectivity index (χ0n) is 10.8. The number of rotatable bonds is 2. The molecule has 0 aromatic heterocycles. The van der Waals surface area contributed by atoms with E-state index in [1.54, 1.807) is 12.1 Å². The zero-order valence-corrected chi connectivity index (χ0v) is 12.4. The number of primary amides is 1. The van der Waals surface area contributed by atoms with Gasteiger partial charge in [0.1, 0.15) is 0 Å². The van der Waals surface area contributed by atoms with Gasteiger partial charge in [-0.15, -0.1) is 0 Å². The van der Waals surface area contributed by atoms with Gasteiger partial charge < -0.3 is 16.4 Å². The average Bonchev–Trinajstić information content (AvgIpc) is 2.80. The number of benzene rings is 2. The summed E-state index contributed by atoms with van der Waals surface area (Å²) in [5.41, 5.74) is 16.0. The molecule has 0 atom stereocenters. The summed E-state index contributed by atoms with van der Waals surface area (Å²) in [6, 6.07) is 11.4. The summed E-state index contributed by atoms with van der Waals surface area (Å²) >= 11 is 3.51. The molecule has 102 valence electrons. The van der Waals surface area contributed by atoms with Crippen molar-refractivity contribution in [2.24, 2.45) is 5.73 Å². The van der Waals surface area contributed by atoms with Crippen molar-refractivity contribution in [2.45, 2.75) is 13.1 Å². The summed E-state index contributed by atoms with van der Waals surface area (Å²) in [6.07, 6.45) is 0. The van der Waals surface area contributed by atoms with Crippen LogP contribution in [-0.2, 0) is 13.1 Å². The van der Waals surface area contributed by atoms with Gasteiger partial charge in [-0.2, -0.15) is 0 Å². The summed E-state index contributed by atoms with van der Waals surface area (Å²) in [6.45, 7) is 1.65. The molecule has 5 heteroatoms. The molecule has 1 aliphatic rings. The van der Waals surface area contributed by atoms with Gasteiger partial charge in [-0.25, -0.2) is 0 Å². The van der Waals surface area contributed by atoms with Gasteiger partial charge in [0.25, 0.3) is 0 Å². The van der Waals surface area contributed by atoms with E-state index in [9.17, 15) is 4.79 Å². The Bertz CT molecular complexity index is 700. The van der Waals surface area contributed by atoms with Crippen molar-refractivity contribution in [1.29, 1.82) is 0 Å². The molecule has 2 aromatic rings. The normalized spacial score (nSPS) is 13.3. The van der Waals surface area contributed by atoms with Crippen molar-refractivity contribution in [1.82, 2.24) is 0 Å². The van der Waals surface area contributed by atoms with E-state index in [-0.39, 0.29) is 0 Å². The fourth-order valence-electron chi connectivity index (χ4n) is 2.50. The molecule has 0 radical (unpaired) electrons. The lowest BCUT2D eigenvalue weighted by Crippen LogP contribution is -2.16.